The van der Waals surface area contributed by atoms with Crippen molar-refractivity contribution in [3.05, 3.63) is 47.5 Å². The van der Waals surface area contributed by atoms with Gasteiger partial charge in [0.15, 0.2) is 0 Å². The first-order valence-electron chi connectivity index (χ1n) is 9.38. The fourth-order valence-corrected chi connectivity index (χ4v) is 4.49. The van der Waals surface area contributed by atoms with Crippen LogP contribution in [0.1, 0.15) is 31.9 Å². The molecule has 1 amide bonds. The Morgan fingerprint density at radius 1 is 1.03 bits per heavy atom. The molecule has 29 heavy (non-hydrogen) atoms. The lowest BCUT2D eigenvalue weighted by Gasteiger charge is -2.32. The molecule has 3 rings (SSSR count). The van der Waals surface area contributed by atoms with E-state index in [4.69, 9.17) is 9.47 Å². The molecule has 0 saturated heterocycles. The Bertz CT molecular complexity index is 937. The fourth-order valence-electron chi connectivity index (χ4n) is 3.13. The molecule has 0 atom stereocenters. The normalized spacial score (nSPS) is 12.7. The molecule has 0 spiro atoms. The van der Waals surface area contributed by atoms with Crippen LogP contribution in [0.15, 0.2) is 46.2 Å². The molecule has 1 aliphatic rings. The zero-order valence-corrected chi connectivity index (χ0v) is 18.2. The second-order valence-corrected chi connectivity index (χ2v) is 8.82. The SMILES string of the molecule is COC(=O)Cc1cccc2c1Sc1c(CNC(=O)OC(C)(C)C)cccc1N2C. The molecular formula is C22H26N2O4S. The van der Waals surface area contributed by atoms with Crippen LogP contribution in [0.5, 0.6) is 0 Å². The number of alkyl carbamates (subject to hydrolysis) is 1. The Labute approximate surface area is 175 Å². The number of anilines is 2. The number of methoxy groups -OCH3 is 1. The molecule has 0 aliphatic carbocycles. The number of esters is 1. The molecule has 2 aromatic carbocycles. The predicted octanol–water partition coefficient (Wildman–Crippen LogP) is 4.66. The van der Waals surface area contributed by atoms with Gasteiger partial charge in [-0.2, -0.15) is 0 Å². The molecule has 0 saturated carbocycles. The average Bonchev–Trinajstić information content (AvgIpc) is 2.66. The van der Waals surface area contributed by atoms with Gasteiger partial charge in [0.05, 0.1) is 24.9 Å². The molecule has 1 aliphatic heterocycles. The highest BCUT2D eigenvalue weighted by Gasteiger charge is 2.26. The molecule has 2 aromatic rings. The van der Waals surface area contributed by atoms with E-state index in [9.17, 15) is 9.59 Å². The van der Waals surface area contributed by atoms with Crippen LogP contribution in [-0.2, 0) is 27.2 Å². The van der Waals surface area contributed by atoms with Gasteiger partial charge in [-0.3, -0.25) is 4.79 Å². The van der Waals surface area contributed by atoms with Gasteiger partial charge in [0.2, 0.25) is 0 Å². The fraction of sp³-hybridized carbons (Fsp3) is 0.364. The van der Waals surface area contributed by atoms with E-state index in [2.05, 4.69) is 16.3 Å². The van der Waals surface area contributed by atoms with Gasteiger partial charge in [0.1, 0.15) is 5.60 Å². The summed E-state index contributed by atoms with van der Waals surface area (Å²) in [7, 11) is 3.40. The Morgan fingerprint density at radius 2 is 1.62 bits per heavy atom. The van der Waals surface area contributed by atoms with Crippen molar-refractivity contribution in [1.82, 2.24) is 5.32 Å². The number of ether oxygens (including phenoxy) is 2. The number of carbonyl (C=O) groups is 2. The maximum absolute atomic E-state index is 12.1. The average molecular weight is 415 g/mol. The summed E-state index contributed by atoms with van der Waals surface area (Å²) in [5.41, 5.74) is 3.47. The number of rotatable bonds is 4. The van der Waals surface area contributed by atoms with E-state index < -0.39 is 11.7 Å². The van der Waals surface area contributed by atoms with Crippen molar-refractivity contribution in [3.63, 3.8) is 0 Å². The lowest BCUT2D eigenvalue weighted by Crippen LogP contribution is -2.32. The second kappa shape index (κ2) is 8.37. The van der Waals surface area contributed by atoms with Crippen LogP contribution in [0, 0.1) is 0 Å². The van der Waals surface area contributed by atoms with Crippen LogP contribution in [0.3, 0.4) is 0 Å². The van der Waals surface area contributed by atoms with Crippen LogP contribution in [0.2, 0.25) is 0 Å². The highest BCUT2D eigenvalue weighted by Crippen LogP contribution is 2.50. The smallest absolute Gasteiger partial charge is 0.407 e. The summed E-state index contributed by atoms with van der Waals surface area (Å²) in [6.45, 7) is 5.86. The molecule has 0 radical (unpaired) electrons. The van der Waals surface area contributed by atoms with Crippen LogP contribution in [-0.4, -0.2) is 31.8 Å². The van der Waals surface area contributed by atoms with Crippen LogP contribution in [0.4, 0.5) is 16.2 Å². The van der Waals surface area contributed by atoms with Gasteiger partial charge in [0.25, 0.3) is 0 Å². The Hall–Kier alpha value is -2.67. The highest BCUT2D eigenvalue weighted by atomic mass is 32.2. The molecule has 0 unspecified atom stereocenters. The van der Waals surface area contributed by atoms with E-state index in [1.54, 1.807) is 11.8 Å². The zero-order chi connectivity index (χ0) is 21.2. The molecule has 0 bridgehead atoms. The molecule has 6 nitrogen and oxygen atoms in total. The molecular weight excluding hydrogens is 388 g/mol. The summed E-state index contributed by atoms with van der Waals surface area (Å²) >= 11 is 1.62. The molecule has 7 heteroatoms. The predicted molar refractivity (Wildman–Crippen MR) is 114 cm³/mol. The molecule has 1 N–H and O–H groups in total. The van der Waals surface area contributed by atoms with Gasteiger partial charge >= 0.3 is 12.1 Å². The number of carbonyl (C=O) groups excluding carboxylic acids is 2. The van der Waals surface area contributed by atoms with Crippen LogP contribution < -0.4 is 10.2 Å². The molecule has 154 valence electrons. The van der Waals surface area contributed by atoms with E-state index >= 15 is 0 Å². The summed E-state index contributed by atoms with van der Waals surface area (Å²) in [4.78, 5) is 28.1. The summed E-state index contributed by atoms with van der Waals surface area (Å²) in [5.74, 6) is -0.271. The monoisotopic (exact) mass is 414 g/mol. The van der Waals surface area contributed by atoms with Gasteiger partial charge in [-0.1, -0.05) is 36.0 Å². The van der Waals surface area contributed by atoms with Crippen molar-refractivity contribution < 1.29 is 19.1 Å². The lowest BCUT2D eigenvalue weighted by atomic mass is 10.1. The topological polar surface area (TPSA) is 67.9 Å². The lowest BCUT2D eigenvalue weighted by molar-refractivity contribution is -0.139. The van der Waals surface area contributed by atoms with Crippen molar-refractivity contribution in [2.45, 2.75) is 49.1 Å². The quantitative estimate of drug-likeness (QED) is 0.734. The Morgan fingerprint density at radius 3 is 2.21 bits per heavy atom. The van der Waals surface area contributed by atoms with Gasteiger partial charge in [0, 0.05) is 23.4 Å². The maximum Gasteiger partial charge on any atom is 0.407 e. The number of amides is 1. The first-order valence-corrected chi connectivity index (χ1v) is 10.2. The number of fused-ring (bicyclic) bond motifs is 2. The summed E-state index contributed by atoms with van der Waals surface area (Å²) < 4.78 is 10.2. The van der Waals surface area contributed by atoms with Crippen molar-refractivity contribution in [2.75, 3.05) is 19.1 Å². The van der Waals surface area contributed by atoms with Gasteiger partial charge in [-0.15, -0.1) is 0 Å². The minimum absolute atomic E-state index is 0.216. The largest absolute Gasteiger partial charge is 0.469 e. The van der Waals surface area contributed by atoms with Crippen molar-refractivity contribution >= 4 is 35.2 Å². The summed E-state index contributed by atoms with van der Waals surface area (Å²) in [6, 6.07) is 12.0. The summed E-state index contributed by atoms with van der Waals surface area (Å²) in [6.07, 6.45) is -0.232. The van der Waals surface area contributed by atoms with E-state index in [-0.39, 0.29) is 12.4 Å². The van der Waals surface area contributed by atoms with Crippen LogP contribution >= 0.6 is 11.8 Å². The van der Waals surface area contributed by atoms with Crippen molar-refractivity contribution in [2.24, 2.45) is 0 Å². The van der Waals surface area contributed by atoms with Gasteiger partial charge in [-0.25, -0.2) is 4.79 Å². The van der Waals surface area contributed by atoms with E-state index in [0.717, 1.165) is 32.3 Å². The van der Waals surface area contributed by atoms with Gasteiger partial charge < -0.3 is 19.7 Å². The number of hydrogen-bond donors (Lipinski definition) is 1. The summed E-state index contributed by atoms with van der Waals surface area (Å²) in [5, 5.41) is 2.83. The van der Waals surface area contributed by atoms with Crippen molar-refractivity contribution in [1.29, 1.82) is 0 Å². The third-order valence-electron chi connectivity index (χ3n) is 4.46. The Balaban J connectivity index is 1.88. The molecule has 0 aromatic heterocycles. The number of benzene rings is 2. The third kappa shape index (κ3) is 4.85. The van der Waals surface area contributed by atoms with Crippen molar-refractivity contribution in [3.8, 4) is 0 Å². The van der Waals surface area contributed by atoms with E-state index in [1.807, 2.05) is 58.2 Å². The highest BCUT2D eigenvalue weighted by molar-refractivity contribution is 7.99. The number of hydrogen-bond acceptors (Lipinski definition) is 6. The second-order valence-electron chi connectivity index (χ2n) is 7.80. The molecule has 1 heterocycles. The van der Waals surface area contributed by atoms with E-state index in [1.165, 1.54) is 7.11 Å². The zero-order valence-electron chi connectivity index (χ0n) is 17.4. The van der Waals surface area contributed by atoms with Gasteiger partial charge in [-0.05, 0) is 44.0 Å². The first kappa shape index (κ1) is 21.0. The minimum atomic E-state index is -0.545. The van der Waals surface area contributed by atoms with E-state index in [0.29, 0.717) is 6.54 Å². The maximum atomic E-state index is 12.1. The third-order valence-corrected chi connectivity index (χ3v) is 5.81. The first-order chi connectivity index (χ1) is 13.7. The molecule has 0 fully saturated rings. The number of nitrogens with zero attached hydrogens (tertiary/aromatic N) is 1. The minimum Gasteiger partial charge on any atom is -0.469 e. The van der Waals surface area contributed by atoms with Crippen LogP contribution in [0.25, 0.3) is 0 Å². The standard InChI is InChI=1S/C22H26N2O4S/c1-22(2,3)28-21(26)23-13-15-9-7-11-17-20(15)29-19-14(12-18(25)27-5)8-6-10-16(19)24(17)4/h6-11H,12-13H2,1-5H3,(H,23,26). The Kier molecular flexibility index (Phi) is 6.07. The number of nitrogens with one attached hydrogen (secondary N) is 1.